The lowest BCUT2D eigenvalue weighted by molar-refractivity contribution is 0.0950. The molecular formula is C29H24N2O3S. The fraction of sp³-hybridized carbons (Fsp3) is 0.138. The van der Waals surface area contributed by atoms with Gasteiger partial charge in [-0.3, -0.25) is 9.59 Å². The molecule has 6 heteroatoms. The van der Waals surface area contributed by atoms with Gasteiger partial charge in [-0.1, -0.05) is 42.5 Å². The first-order chi connectivity index (χ1) is 16.9. The lowest BCUT2D eigenvalue weighted by Gasteiger charge is -2.08. The molecule has 0 spiro atoms. The van der Waals surface area contributed by atoms with Crippen molar-refractivity contribution in [1.82, 2.24) is 10.3 Å². The van der Waals surface area contributed by atoms with Crippen molar-refractivity contribution in [1.29, 1.82) is 0 Å². The van der Waals surface area contributed by atoms with Gasteiger partial charge in [-0.15, -0.1) is 11.3 Å². The number of aromatic nitrogens is 1. The topological polar surface area (TPSA) is 72.2 Å². The predicted octanol–water partition coefficient (Wildman–Crippen LogP) is 6.44. The van der Waals surface area contributed by atoms with Gasteiger partial charge in [0.15, 0.2) is 5.43 Å². The van der Waals surface area contributed by atoms with Gasteiger partial charge in [0.2, 0.25) is 0 Å². The maximum Gasteiger partial charge on any atom is 0.251 e. The van der Waals surface area contributed by atoms with Crippen LogP contribution in [0.2, 0.25) is 0 Å². The number of rotatable bonds is 5. The predicted molar refractivity (Wildman–Crippen MR) is 141 cm³/mol. The van der Waals surface area contributed by atoms with E-state index in [0.29, 0.717) is 28.8 Å². The summed E-state index contributed by atoms with van der Waals surface area (Å²) in [5.74, 6) is 0.292. The molecule has 5 rings (SSSR count). The molecule has 5 nitrogen and oxygen atoms in total. The van der Waals surface area contributed by atoms with Gasteiger partial charge < -0.3 is 9.73 Å². The molecule has 174 valence electrons. The maximum atomic E-state index is 12.7. The van der Waals surface area contributed by atoms with Crippen LogP contribution in [0.15, 0.2) is 81.3 Å². The molecule has 1 amide bonds. The first-order valence-electron chi connectivity index (χ1n) is 11.3. The molecule has 0 saturated carbocycles. The minimum absolute atomic E-state index is 0.0804. The number of carbonyl (C=O) groups is 1. The molecule has 0 aliphatic heterocycles. The summed E-state index contributed by atoms with van der Waals surface area (Å²) in [5, 5.41) is 6.42. The van der Waals surface area contributed by atoms with Crippen LogP contribution in [0.5, 0.6) is 0 Å². The minimum atomic E-state index is -0.187. The van der Waals surface area contributed by atoms with Gasteiger partial charge in [-0.05, 0) is 55.7 Å². The number of aryl methyl sites for hydroxylation is 3. The van der Waals surface area contributed by atoms with Gasteiger partial charge in [-0.2, -0.15) is 0 Å². The monoisotopic (exact) mass is 480 g/mol. The first kappa shape index (κ1) is 22.7. The molecule has 1 N–H and O–H groups in total. The van der Waals surface area contributed by atoms with Crippen LogP contribution in [0.4, 0.5) is 0 Å². The summed E-state index contributed by atoms with van der Waals surface area (Å²) in [6.45, 7) is 6.30. The average molecular weight is 481 g/mol. The summed E-state index contributed by atoms with van der Waals surface area (Å²) in [6.07, 6.45) is 0. The van der Waals surface area contributed by atoms with E-state index < -0.39 is 0 Å². The molecule has 0 atom stereocenters. The lowest BCUT2D eigenvalue weighted by atomic mass is 10.1. The van der Waals surface area contributed by atoms with E-state index >= 15 is 0 Å². The lowest BCUT2D eigenvalue weighted by Crippen LogP contribution is -2.22. The van der Waals surface area contributed by atoms with Crippen LogP contribution in [0, 0.1) is 20.8 Å². The van der Waals surface area contributed by atoms with Crippen LogP contribution in [-0.4, -0.2) is 10.9 Å². The van der Waals surface area contributed by atoms with Crippen LogP contribution in [0.25, 0.3) is 32.9 Å². The van der Waals surface area contributed by atoms with E-state index in [-0.39, 0.29) is 11.3 Å². The minimum Gasteiger partial charge on any atom is -0.456 e. The van der Waals surface area contributed by atoms with Crippen LogP contribution < -0.4 is 10.7 Å². The summed E-state index contributed by atoms with van der Waals surface area (Å²) in [6, 6.07) is 20.5. The SMILES string of the molecule is Cc1cc(C)c2oc(-c3ccc(C(=O)NCc4csc(-c5ccccc5C)n4)cc3)cc(=O)c2c1. The average Bonchev–Trinajstić information content (AvgIpc) is 3.32. The van der Waals surface area contributed by atoms with E-state index in [2.05, 4.69) is 29.4 Å². The third-order valence-electron chi connectivity index (χ3n) is 5.95. The fourth-order valence-electron chi connectivity index (χ4n) is 4.13. The van der Waals surface area contributed by atoms with Crippen molar-refractivity contribution in [3.8, 4) is 21.9 Å². The number of hydrogen-bond acceptors (Lipinski definition) is 5. The molecular weight excluding hydrogens is 456 g/mol. The number of hydrogen-bond donors (Lipinski definition) is 1. The normalized spacial score (nSPS) is 11.1. The Kier molecular flexibility index (Phi) is 6.05. The Hall–Kier alpha value is -4.03. The summed E-state index contributed by atoms with van der Waals surface area (Å²) >= 11 is 1.57. The zero-order valence-corrected chi connectivity index (χ0v) is 20.5. The smallest absolute Gasteiger partial charge is 0.251 e. The highest BCUT2D eigenvalue weighted by Gasteiger charge is 2.12. The van der Waals surface area contributed by atoms with E-state index in [1.165, 1.54) is 11.6 Å². The van der Waals surface area contributed by atoms with Crippen molar-refractivity contribution < 1.29 is 9.21 Å². The van der Waals surface area contributed by atoms with Crippen molar-refractivity contribution in [3.05, 3.63) is 110 Å². The Bertz CT molecular complexity index is 1610. The Morgan fingerprint density at radius 1 is 0.971 bits per heavy atom. The largest absolute Gasteiger partial charge is 0.456 e. The Morgan fingerprint density at radius 2 is 1.74 bits per heavy atom. The van der Waals surface area contributed by atoms with Crippen LogP contribution in [0.1, 0.15) is 32.7 Å². The van der Waals surface area contributed by atoms with E-state index in [4.69, 9.17) is 4.42 Å². The molecule has 0 radical (unpaired) electrons. The van der Waals surface area contributed by atoms with Gasteiger partial charge in [-0.25, -0.2) is 4.98 Å². The molecule has 2 heterocycles. The maximum absolute atomic E-state index is 12.7. The van der Waals surface area contributed by atoms with Gasteiger partial charge in [0.05, 0.1) is 17.6 Å². The van der Waals surface area contributed by atoms with Crippen molar-refractivity contribution in [2.45, 2.75) is 27.3 Å². The van der Waals surface area contributed by atoms with Crippen molar-refractivity contribution in [2.75, 3.05) is 0 Å². The number of thiazole rings is 1. The molecule has 0 saturated heterocycles. The number of nitrogens with one attached hydrogen (secondary N) is 1. The molecule has 0 aliphatic carbocycles. The van der Waals surface area contributed by atoms with E-state index in [1.54, 1.807) is 35.6 Å². The number of benzene rings is 3. The Labute approximate surface area is 207 Å². The first-order valence-corrected chi connectivity index (χ1v) is 12.2. The van der Waals surface area contributed by atoms with Gasteiger partial charge in [0.25, 0.3) is 5.91 Å². The Morgan fingerprint density at radius 3 is 2.51 bits per heavy atom. The molecule has 3 aromatic carbocycles. The molecule has 0 bridgehead atoms. The van der Waals surface area contributed by atoms with Gasteiger partial charge >= 0.3 is 0 Å². The summed E-state index contributed by atoms with van der Waals surface area (Å²) in [4.78, 5) is 30.0. The zero-order valence-electron chi connectivity index (χ0n) is 19.7. The number of amides is 1. The van der Waals surface area contributed by atoms with E-state index in [1.807, 2.05) is 43.5 Å². The summed E-state index contributed by atoms with van der Waals surface area (Å²) < 4.78 is 6.06. The van der Waals surface area contributed by atoms with E-state index in [9.17, 15) is 9.59 Å². The quantitative estimate of drug-likeness (QED) is 0.314. The van der Waals surface area contributed by atoms with Crippen molar-refractivity contribution >= 4 is 28.2 Å². The molecule has 35 heavy (non-hydrogen) atoms. The summed E-state index contributed by atoms with van der Waals surface area (Å²) in [5.41, 5.74) is 6.82. The molecule has 0 aliphatic rings. The third-order valence-corrected chi connectivity index (χ3v) is 6.87. The summed E-state index contributed by atoms with van der Waals surface area (Å²) in [7, 11) is 0. The highest BCUT2D eigenvalue weighted by Crippen LogP contribution is 2.27. The number of nitrogens with zero attached hydrogens (tertiary/aromatic N) is 1. The molecule has 0 unspecified atom stereocenters. The molecule has 0 fully saturated rings. The highest BCUT2D eigenvalue weighted by molar-refractivity contribution is 7.13. The number of fused-ring (bicyclic) bond motifs is 1. The van der Waals surface area contributed by atoms with Crippen molar-refractivity contribution in [2.24, 2.45) is 0 Å². The second kappa shape index (κ2) is 9.31. The van der Waals surface area contributed by atoms with Gasteiger partial charge in [0.1, 0.15) is 16.4 Å². The van der Waals surface area contributed by atoms with Gasteiger partial charge in [0, 0.05) is 28.1 Å². The van der Waals surface area contributed by atoms with Crippen LogP contribution in [-0.2, 0) is 6.54 Å². The standard InChI is InChI=1S/C29H24N2O3S/c1-17-12-19(3)27-24(13-17)25(32)14-26(34-27)20-8-10-21(11-9-20)28(33)30-15-22-16-35-29(31-22)23-7-5-4-6-18(23)2/h4-14,16H,15H2,1-3H3,(H,30,33). The van der Waals surface area contributed by atoms with E-state index in [0.717, 1.165) is 33.0 Å². The van der Waals surface area contributed by atoms with Crippen LogP contribution >= 0.6 is 11.3 Å². The van der Waals surface area contributed by atoms with Crippen molar-refractivity contribution in [3.63, 3.8) is 0 Å². The molecule has 5 aromatic rings. The Balaban J connectivity index is 1.30. The molecule has 2 aromatic heterocycles. The third kappa shape index (κ3) is 4.66. The second-order valence-electron chi connectivity index (χ2n) is 8.65. The zero-order chi connectivity index (χ0) is 24.5. The fourth-order valence-corrected chi connectivity index (χ4v) is 5.04. The second-order valence-corrected chi connectivity index (χ2v) is 9.51. The number of carbonyl (C=O) groups excluding carboxylic acids is 1. The van der Waals surface area contributed by atoms with Crippen LogP contribution in [0.3, 0.4) is 0 Å². The highest BCUT2D eigenvalue weighted by atomic mass is 32.1.